The van der Waals surface area contributed by atoms with Crippen LogP contribution in [0.5, 0.6) is 5.75 Å². The van der Waals surface area contributed by atoms with Crippen molar-refractivity contribution in [3.8, 4) is 17.1 Å². The van der Waals surface area contributed by atoms with Gasteiger partial charge in [-0.05, 0) is 30.3 Å². The first kappa shape index (κ1) is 20.3. The third-order valence-electron chi connectivity index (χ3n) is 3.95. The minimum absolute atomic E-state index is 0.0727. The molecule has 0 fully saturated rings. The number of non-ortho nitro benzene ring substituents is 1. The summed E-state index contributed by atoms with van der Waals surface area (Å²) in [5.74, 6) is -0.0230. The highest BCUT2D eigenvalue weighted by Gasteiger charge is 2.16. The number of nitro groups is 1. The molecule has 0 saturated heterocycles. The Morgan fingerprint density at radius 3 is 2.66 bits per heavy atom. The zero-order valence-corrected chi connectivity index (χ0v) is 16.3. The highest BCUT2D eigenvalue weighted by molar-refractivity contribution is 7.99. The lowest BCUT2D eigenvalue weighted by molar-refractivity contribution is -0.384. The second kappa shape index (κ2) is 8.69. The molecule has 11 heteroatoms. The van der Waals surface area contributed by atoms with Crippen molar-refractivity contribution in [2.45, 2.75) is 5.16 Å². The van der Waals surface area contributed by atoms with Crippen molar-refractivity contribution >= 4 is 29.0 Å². The number of nitro benzene ring substituents is 1. The number of hydrogen-bond acceptors (Lipinski definition) is 7. The van der Waals surface area contributed by atoms with Gasteiger partial charge in [0.15, 0.2) is 11.0 Å². The fourth-order valence-electron chi connectivity index (χ4n) is 2.47. The molecule has 1 heterocycles. The Morgan fingerprint density at radius 2 is 2.00 bits per heavy atom. The molecule has 1 amide bonds. The molecule has 3 rings (SSSR count). The van der Waals surface area contributed by atoms with Gasteiger partial charge in [-0.3, -0.25) is 14.9 Å². The largest absolute Gasteiger partial charge is 0.497 e. The average Bonchev–Trinajstić information content (AvgIpc) is 3.08. The van der Waals surface area contributed by atoms with Gasteiger partial charge in [-0.15, -0.1) is 10.2 Å². The van der Waals surface area contributed by atoms with E-state index in [1.807, 2.05) is 12.1 Å². The van der Waals surface area contributed by atoms with Crippen LogP contribution < -0.4 is 10.1 Å². The summed E-state index contributed by atoms with van der Waals surface area (Å²) in [6.45, 7) is 0. The van der Waals surface area contributed by atoms with E-state index in [9.17, 15) is 19.3 Å². The first-order valence-electron chi connectivity index (χ1n) is 8.29. The van der Waals surface area contributed by atoms with E-state index in [1.165, 1.54) is 0 Å². The highest BCUT2D eigenvalue weighted by Crippen LogP contribution is 2.25. The van der Waals surface area contributed by atoms with Gasteiger partial charge < -0.3 is 14.6 Å². The van der Waals surface area contributed by atoms with Gasteiger partial charge in [0.1, 0.15) is 11.6 Å². The van der Waals surface area contributed by atoms with E-state index in [1.54, 1.807) is 30.9 Å². The number of aromatic nitrogens is 3. The minimum atomic E-state index is -0.755. The quantitative estimate of drug-likeness (QED) is 0.357. The van der Waals surface area contributed by atoms with Crippen LogP contribution in [-0.2, 0) is 11.8 Å². The summed E-state index contributed by atoms with van der Waals surface area (Å²) in [4.78, 5) is 22.3. The zero-order valence-electron chi connectivity index (χ0n) is 15.5. The van der Waals surface area contributed by atoms with Crippen molar-refractivity contribution in [3.05, 3.63) is 58.4 Å². The maximum atomic E-state index is 13.8. The molecule has 0 saturated carbocycles. The van der Waals surface area contributed by atoms with Crippen LogP contribution in [0, 0.1) is 15.9 Å². The lowest BCUT2D eigenvalue weighted by Gasteiger charge is -2.07. The predicted molar refractivity (Wildman–Crippen MR) is 105 cm³/mol. The van der Waals surface area contributed by atoms with Crippen LogP contribution in [0.25, 0.3) is 11.4 Å². The Balaban J connectivity index is 1.66. The van der Waals surface area contributed by atoms with Gasteiger partial charge in [-0.2, -0.15) is 0 Å². The Hall–Kier alpha value is -3.47. The molecule has 3 aromatic rings. The van der Waals surface area contributed by atoms with Crippen LogP contribution in [0.15, 0.2) is 47.6 Å². The molecule has 2 aromatic carbocycles. The summed E-state index contributed by atoms with van der Waals surface area (Å²) >= 11 is 1.11. The number of rotatable bonds is 7. The molecule has 29 heavy (non-hydrogen) atoms. The fourth-order valence-corrected chi connectivity index (χ4v) is 3.18. The number of nitrogens with zero attached hydrogens (tertiary/aromatic N) is 4. The number of anilines is 1. The van der Waals surface area contributed by atoms with Crippen molar-refractivity contribution < 1.29 is 18.8 Å². The van der Waals surface area contributed by atoms with E-state index < -0.39 is 16.6 Å². The summed E-state index contributed by atoms with van der Waals surface area (Å²) < 4.78 is 20.6. The Kier molecular flexibility index (Phi) is 6.07. The van der Waals surface area contributed by atoms with Crippen molar-refractivity contribution in [1.82, 2.24) is 14.8 Å². The Labute approximate surface area is 169 Å². The highest BCUT2D eigenvalue weighted by atomic mass is 32.2. The van der Waals surface area contributed by atoms with E-state index in [2.05, 4.69) is 15.5 Å². The summed E-state index contributed by atoms with van der Waals surface area (Å²) in [5.41, 5.74) is 0.268. The third kappa shape index (κ3) is 4.69. The second-order valence-electron chi connectivity index (χ2n) is 5.85. The maximum Gasteiger partial charge on any atom is 0.271 e. The van der Waals surface area contributed by atoms with Gasteiger partial charge in [-0.1, -0.05) is 11.8 Å². The summed E-state index contributed by atoms with van der Waals surface area (Å²) in [5, 5.41) is 21.8. The van der Waals surface area contributed by atoms with Crippen LogP contribution >= 0.6 is 11.8 Å². The van der Waals surface area contributed by atoms with Gasteiger partial charge in [0.05, 0.1) is 23.5 Å². The number of halogens is 1. The molecule has 0 aliphatic carbocycles. The van der Waals surface area contributed by atoms with E-state index in [4.69, 9.17) is 4.74 Å². The lowest BCUT2D eigenvalue weighted by atomic mass is 10.2. The van der Waals surface area contributed by atoms with Crippen LogP contribution in [0.2, 0.25) is 0 Å². The van der Waals surface area contributed by atoms with Crippen LogP contribution in [-0.4, -0.2) is 38.5 Å². The molecule has 0 aliphatic rings. The smallest absolute Gasteiger partial charge is 0.271 e. The lowest BCUT2D eigenvalue weighted by Crippen LogP contribution is -2.15. The fraction of sp³-hybridized carbons (Fsp3) is 0.167. The predicted octanol–water partition coefficient (Wildman–Crippen LogP) is 3.27. The molecule has 0 spiro atoms. The Bertz CT molecular complexity index is 1050. The topological polar surface area (TPSA) is 112 Å². The monoisotopic (exact) mass is 417 g/mol. The first-order valence-corrected chi connectivity index (χ1v) is 9.28. The third-order valence-corrected chi connectivity index (χ3v) is 4.97. The minimum Gasteiger partial charge on any atom is -0.497 e. The molecule has 0 aliphatic heterocycles. The zero-order chi connectivity index (χ0) is 21.0. The molecule has 1 aromatic heterocycles. The normalized spacial score (nSPS) is 10.6. The number of methoxy groups -OCH3 is 1. The number of nitrogens with one attached hydrogen (secondary N) is 1. The van der Waals surface area contributed by atoms with Gasteiger partial charge in [0.2, 0.25) is 5.91 Å². The molecule has 150 valence electrons. The maximum absolute atomic E-state index is 13.8. The number of thioether (sulfide) groups is 1. The van der Waals surface area contributed by atoms with Crippen molar-refractivity contribution in [2.75, 3.05) is 18.2 Å². The number of amides is 1. The summed E-state index contributed by atoms with van der Waals surface area (Å²) in [6.07, 6.45) is 0. The first-order chi connectivity index (χ1) is 13.9. The molecular formula is C18H16FN5O4S. The average molecular weight is 417 g/mol. The molecular weight excluding hydrogens is 401 g/mol. The SMILES string of the molecule is COc1ccc(-c2nnc(SCC(=O)Nc3cc([N+](=O)[O-])ccc3F)n2C)cc1. The van der Waals surface area contributed by atoms with Gasteiger partial charge in [-0.25, -0.2) is 4.39 Å². The number of carbonyl (C=O) groups excluding carboxylic acids is 1. The molecule has 0 unspecified atom stereocenters. The van der Waals surface area contributed by atoms with Gasteiger partial charge in [0, 0.05) is 24.7 Å². The van der Waals surface area contributed by atoms with Crippen molar-refractivity contribution in [2.24, 2.45) is 7.05 Å². The molecule has 1 N–H and O–H groups in total. The molecule has 0 atom stereocenters. The molecule has 0 radical (unpaired) electrons. The van der Waals surface area contributed by atoms with Crippen molar-refractivity contribution in [1.29, 1.82) is 0 Å². The van der Waals surface area contributed by atoms with E-state index in [0.717, 1.165) is 41.3 Å². The number of hydrogen-bond donors (Lipinski definition) is 1. The van der Waals surface area contributed by atoms with Crippen LogP contribution in [0.1, 0.15) is 0 Å². The number of benzene rings is 2. The van der Waals surface area contributed by atoms with Crippen LogP contribution in [0.4, 0.5) is 15.8 Å². The standard InChI is InChI=1S/C18H16FN5O4S/c1-23-17(11-3-6-13(28-2)7-4-11)21-22-18(23)29-10-16(25)20-15-9-12(24(26)27)5-8-14(15)19/h3-9H,10H2,1-2H3,(H,20,25). The van der Waals surface area contributed by atoms with E-state index >= 15 is 0 Å². The number of carbonyl (C=O) groups is 1. The molecule has 0 bridgehead atoms. The van der Waals surface area contributed by atoms with E-state index in [-0.39, 0.29) is 17.1 Å². The van der Waals surface area contributed by atoms with E-state index in [0.29, 0.717) is 11.0 Å². The molecule has 9 nitrogen and oxygen atoms in total. The summed E-state index contributed by atoms with van der Waals surface area (Å²) in [7, 11) is 3.34. The van der Waals surface area contributed by atoms with Crippen LogP contribution in [0.3, 0.4) is 0 Å². The number of ether oxygens (including phenoxy) is 1. The summed E-state index contributed by atoms with van der Waals surface area (Å²) in [6, 6.07) is 10.2. The second-order valence-corrected chi connectivity index (χ2v) is 6.79. The Morgan fingerprint density at radius 1 is 1.28 bits per heavy atom. The van der Waals surface area contributed by atoms with Crippen molar-refractivity contribution in [3.63, 3.8) is 0 Å². The van der Waals surface area contributed by atoms with Gasteiger partial charge in [0.25, 0.3) is 5.69 Å². The van der Waals surface area contributed by atoms with Gasteiger partial charge >= 0.3 is 0 Å².